The fourth-order valence-corrected chi connectivity index (χ4v) is 3.13. The molecule has 1 amide bonds. The molecule has 4 nitrogen and oxygen atoms in total. The molecular weight excluding hydrogens is 274 g/mol. The van der Waals surface area contributed by atoms with Crippen molar-refractivity contribution in [1.82, 2.24) is 4.90 Å². The number of carbonyl (C=O) groups excluding carboxylic acids is 1. The summed E-state index contributed by atoms with van der Waals surface area (Å²) in [4.78, 5) is 25.7. The molecule has 1 aromatic rings. The van der Waals surface area contributed by atoms with Crippen molar-refractivity contribution >= 4 is 34.8 Å². The zero-order valence-electron chi connectivity index (χ0n) is 9.98. The standard InChI is InChI=1S/C12H14ClNO3S/c1-12(11(16)17)4-5-14(7-12)10(15)6-8-2-3-9(13)18-8/h2-3H,4-7H2,1H3,(H,16,17). The van der Waals surface area contributed by atoms with E-state index in [1.807, 2.05) is 6.07 Å². The molecule has 1 aromatic heterocycles. The number of nitrogens with zero attached hydrogens (tertiary/aromatic N) is 1. The lowest BCUT2D eigenvalue weighted by Gasteiger charge is -2.19. The van der Waals surface area contributed by atoms with Crippen molar-refractivity contribution in [2.45, 2.75) is 19.8 Å². The van der Waals surface area contributed by atoms with Gasteiger partial charge in [-0.05, 0) is 25.5 Å². The van der Waals surface area contributed by atoms with E-state index in [0.29, 0.717) is 30.3 Å². The number of rotatable bonds is 3. The molecule has 0 aliphatic carbocycles. The Morgan fingerprint density at radius 1 is 1.56 bits per heavy atom. The van der Waals surface area contributed by atoms with E-state index >= 15 is 0 Å². The maximum atomic E-state index is 12.0. The second kappa shape index (κ2) is 4.90. The summed E-state index contributed by atoms with van der Waals surface area (Å²) in [5.74, 6) is -0.865. The maximum Gasteiger partial charge on any atom is 0.311 e. The number of aliphatic carboxylic acids is 1. The van der Waals surface area contributed by atoms with Crippen LogP contribution >= 0.6 is 22.9 Å². The first-order valence-electron chi connectivity index (χ1n) is 5.66. The summed E-state index contributed by atoms with van der Waals surface area (Å²) in [5.41, 5.74) is -0.803. The molecule has 1 atom stereocenters. The van der Waals surface area contributed by atoms with Gasteiger partial charge in [-0.15, -0.1) is 11.3 Å². The van der Waals surface area contributed by atoms with Crippen LogP contribution in [0.1, 0.15) is 18.2 Å². The molecule has 0 spiro atoms. The predicted molar refractivity (Wildman–Crippen MR) is 70.0 cm³/mol. The van der Waals surface area contributed by atoms with Crippen LogP contribution < -0.4 is 0 Å². The monoisotopic (exact) mass is 287 g/mol. The summed E-state index contributed by atoms with van der Waals surface area (Å²) in [6.45, 7) is 2.49. The average molecular weight is 288 g/mol. The quantitative estimate of drug-likeness (QED) is 0.928. The fraction of sp³-hybridized carbons (Fsp3) is 0.500. The van der Waals surface area contributed by atoms with Crippen LogP contribution in [0.4, 0.5) is 0 Å². The van der Waals surface area contributed by atoms with Gasteiger partial charge >= 0.3 is 5.97 Å². The predicted octanol–water partition coefficient (Wildman–Crippen LogP) is 2.27. The Hall–Kier alpha value is -1.07. The van der Waals surface area contributed by atoms with Gasteiger partial charge in [0.25, 0.3) is 0 Å². The van der Waals surface area contributed by atoms with Crippen molar-refractivity contribution in [2.75, 3.05) is 13.1 Å². The second-order valence-corrected chi connectivity index (χ2v) is 6.61. The van der Waals surface area contributed by atoms with E-state index in [1.165, 1.54) is 11.3 Å². The van der Waals surface area contributed by atoms with Gasteiger partial charge in [0.05, 0.1) is 16.2 Å². The summed E-state index contributed by atoms with van der Waals surface area (Å²) in [5, 5.41) is 9.11. The minimum absolute atomic E-state index is 0.0292. The van der Waals surface area contributed by atoms with Crippen LogP contribution in [0.15, 0.2) is 12.1 Å². The lowest BCUT2D eigenvalue weighted by Crippen LogP contribution is -2.35. The van der Waals surface area contributed by atoms with Gasteiger partial charge in [-0.2, -0.15) is 0 Å². The van der Waals surface area contributed by atoms with Gasteiger partial charge in [0.2, 0.25) is 5.91 Å². The number of carboxylic acids is 1. The Morgan fingerprint density at radius 3 is 2.78 bits per heavy atom. The van der Waals surface area contributed by atoms with Gasteiger partial charge in [0, 0.05) is 18.0 Å². The van der Waals surface area contributed by atoms with Gasteiger partial charge in [0.1, 0.15) is 0 Å². The molecule has 18 heavy (non-hydrogen) atoms. The maximum absolute atomic E-state index is 12.0. The van der Waals surface area contributed by atoms with Crippen LogP contribution in [0.2, 0.25) is 4.34 Å². The summed E-state index contributed by atoms with van der Waals surface area (Å²) >= 11 is 7.19. The Labute approximate surface area is 114 Å². The average Bonchev–Trinajstić information content (AvgIpc) is 2.86. The summed E-state index contributed by atoms with van der Waals surface area (Å²) in [6.07, 6.45) is 0.812. The Morgan fingerprint density at radius 2 is 2.28 bits per heavy atom. The smallest absolute Gasteiger partial charge is 0.311 e. The number of hydrogen-bond donors (Lipinski definition) is 1. The highest BCUT2D eigenvalue weighted by molar-refractivity contribution is 7.16. The number of likely N-dealkylation sites (tertiary alicyclic amines) is 1. The summed E-state index contributed by atoms with van der Waals surface area (Å²) in [6, 6.07) is 3.59. The van der Waals surface area contributed by atoms with E-state index in [-0.39, 0.29) is 5.91 Å². The largest absolute Gasteiger partial charge is 0.481 e. The van der Waals surface area contributed by atoms with Crippen molar-refractivity contribution in [3.05, 3.63) is 21.3 Å². The first-order valence-corrected chi connectivity index (χ1v) is 6.85. The minimum atomic E-state index is -0.836. The third-order valence-corrected chi connectivity index (χ3v) is 4.53. The SMILES string of the molecule is CC1(C(=O)O)CCN(C(=O)Cc2ccc(Cl)s2)C1. The zero-order chi connectivity index (χ0) is 13.3. The third kappa shape index (κ3) is 2.67. The Kier molecular flexibility index (Phi) is 3.64. The molecule has 2 heterocycles. The van der Waals surface area contributed by atoms with Crippen molar-refractivity contribution in [2.24, 2.45) is 5.41 Å². The lowest BCUT2D eigenvalue weighted by molar-refractivity contribution is -0.147. The highest BCUT2D eigenvalue weighted by Crippen LogP contribution is 2.31. The first-order chi connectivity index (χ1) is 8.40. The molecule has 0 radical (unpaired) electrons. The topological polar surface area (TPSA) is 57.6 Å². The van der Waals surface area contributed by atoms with Crippen LogP contribution in [-0.2, 0) is 16.0 Å². The molecule has 0 saturated carbocycles. The summed E-state index contributed by atoms with van der Waals surface area (Å²) in [7, 11) is 0. The van der Waals surface area contributed by atoms with E-state index in [1.54, 1.807) is 17.9 Å². The third-order valence-electron chi connectivity index (χ3n) is 3.30. The van der Waals surface area contributed by atoms with E-state index in [2.05, 4.69) is 0 Å². The number of carboxylic acid groups (broad SMARTS) is 1. The molecule has 0 aromatic carbocycles. The van der Waals surface area contributed by atoms with E-state index in [9.17, 15) is 9.59 Å². The molecule has 0 bridgehead atoms. The number of amides is 1. The van der Waals surface area contributed by atoms with Gasteiger partial charge in [-0.1, -0.05) is 11.6 Å². The highest BCUT2D eigenvalue weighted by atomic mass is 35.5. The van der Waals surface area contributed by atoms with E-state index in [0.717, 1.165) is 4.88 Å². The molecule has 1 fully saturated rings. The van der Waals surface area contributed by atoms with Crippen molar-refractivity contribution in [1.29, 1.82) is 0 Å². The molecule has 98 valence electrons. The fourth-order valence-electron chi connectivity index (χ4n) is 2.06. The molecule has 6 heteroatoms. The van der Waals surface area contributed by atoms with Crippen molar-refractivity contribution in [3.63, 3.8) is 0 Å². The molecule has 1 aliphatic rings. The number of hydrogen-bond acceptors (Lipinski definition) is 3. The van der Waals surface area contributed by atoms with E-state index < -0.39 is 11.4 Å². The summed E-state index contributed by atoms with van der Waals surface area (Å²) < 4.78 is 0.662. The lowest BCUT2D eigenvalue weighted by atomic mass is 9.90. The minimum Gasteiger partial charge on any atom is -0.481 e. The normalized spacial score (nSPS) is 23.3. The molecule has 1 N–H and O–H groups in total. The van der Waals surface area contributed by atoms with Crippen LogP contribution in [0.25, 0.3) is 0 Å². The van der Waals surface area contributed by atoms with Gasteiger partial charge in [0.15, 0.2) is 0 Å². The zero-order valence-corrected chi connectivity index (χ0v) is 11.6. The van der Waals surface area contributed by atoms with Crippen LogP contribution in [0, 0.1) is 5.41 Å². The number of carbonyl (C=O) groups is 2. The van der Waals surface area contributed by atoms with Gasteiger partial charge in [-0.25, -0.2) is 0 Å². The van der Waals surface area contributed by atoms with Gasteiger partial charge < -0.3 is 10.0 Å². The van der Waals surface area contributed by atoms with E-state index in [4.69, 9.17) is 16.7 Å². The molecule has 1 aliphatic heterocycles. The number of halogens is 1. The van der Waals surface area contributed by atoms with Crippen molar-refractivity contribution in [3.8, 4) is 0 Å². The molecule has 1 saturated heterocycles. The Bertz CT molecular complexity index is 487. The molecular formula is C12H14ClNO3S. The van der Waals surface area contributed by atoms with Crippen molar-refractivity contribution < 1.29 is 14.7 Å². The van der Waals surface area contributed by atoms with Crippen LogP contribution in [-0.4, -0.2) is 35.0 Å². The molecule has 1 unspecified atom stereocenters. The first kappa shape index (κ1) is 13.4. The molecule has 2 rings (SSSR count). The van der Waals surface area contributed by atoms with Gasteiger partial charge in [-0.3, -0.25) is 9.59 Å². The Balaban J connectivity index is 1.98. The number of thiophene rings is 1. The highest BCUT2D eigenvalue weighted by Gasteiger charge is 2.41. The second-order valence-electron chi connectivity index (χ2n) is 4.81. The van der Waals surface area contributed by atoms with Crippen LogP contribution in [0.3, 0.4) is 0 Å². The van der Waals surface area contributed by atoms with Crippen LogP contribution in [0.5, 0.6) is 0 Å².